The Morgan fingerprint density at radius 1 is 1.28 bits per heavy atom. The van der Waals surface area contributed by atoms with E-state index >= 15 is 0 Å². The van der Waals surface area contributed by atoms with Crippen LogP contribution in [0.5, 0.6) is 0 Å². The Morgan fingerprint density at radius 2 is 1.96 bits per heavy atom. The van der Waals surface area contributed by atoms with Gasteiger partial charge in [-0.3, -0.25) is 0 Å². The average molecular weight is 401 g/mol. The maximum absolute atomic E-state index is 12.1. The van der Waals surface area contributed by atoms with Gasteiger partial charge >= 0.3 is 142 Å². The number of Topliss-reactive ketones (excluding diaryl/α,β-unsaturated/α-hetero) is 1. The SMILES string of the molecule is NCC(=O)C12CC[C@@]1([PH](O)(O)C(O)(Cn1ccnc1)[PH](O)(O)O)OO2. The fourth-order valence-corrected chi connectivity index (χ4v) is 8.87. The number of fused-ring (bicyclic) bond motifs is 1. The number of imidazole rings is 1. The maximum atomic E-state index is 12.1. The summed E-state index contributed by atoms with van der Waals surface area (Å²) < 4.78 is 1.12. The second kappa shape index (κ2) is 5.69. The number of aromatic nitrogens is 2. The van der Waals surface area contributed by atoms with Crippen LogP contribution in [0.25, 0.3) is 0 Å². The van der Waals surface area contributed by atoms with Gasteiger partial charge < -0.3 is 0 Å². The first-order chi connectivity index (χ1) is 11.5. The molecular weight excluding hydrogens is 380 g/mol. The number of aliphatic hydroxyl groups is 1. The fourth-order valence-electron chi connectivity index (χ4n) is 3.42. The van der Waals surface area contributed by atoms with Crippen LogP contribution in [0.15, 0.2) is 18.7 Å². The molecule has 2 aliphatic rings. The number of carbonyl (C=O) groups excluding carboxylic acids is 1. The third kappa shape index (κ3) is 2.22. The van der Waals surface area contributed by atoms with Crippen LogP contribution in [-0.4, -0.2) is 67.5 Å². The fraction of sp³-hybridized carbons (Fsp3) is 0.636. The number of nitrogens with zero attached hydrogens (tertiary/aromatic N) is 2. The van der Waals surface area contributed by atoms with Crippen molar-refractivity contribution in [2.75, 3.05) is 6.54 Å². The van der Waals surface area contributed by atoms with E-state index in [0.29, 0.717) is 0 Å². The van der Waals surface area contributed by atoms with Crippen molar-refractivity contribution >= 4 is 21.4 Å². The summed E-state index contributed by atoms with van der Waals surface area (Å²) in [5, 5.41) is 5.61. The molecule has 0 bridgehead atoms. The molecule has 1 saturated heterocycles. The van der Waals surface area contributed by atoms with Gasteiger partial charge in [0.05, 0.1) is 0 Å². The summed E-state index contributed by atoms with van der Waals surface area (Å²) in [6.07, 6.45) is 3.74. The molecule has 8 N–H and O–H groups in total. The van der Waals surface area contributed by atoms with Crippen molar-refractivity contribution in [2.45, 2.75) is 35.4 Å². The number of hydrogen-bond acceptors (Lipinski definition) is 11. The van der Waals surface area contributed by atoms with Crippen LogP contribution in [0.4, 0.5) is 0 Å². The number of hydrogen-bond donors (Lipinski definition) is 7. The molecule has 1 saturated carbocycles. The van der Waals surface area contributed by atoms with E-state index < -0.39 is 50.6 Å². The molecule has 1 aliphatic carbocycles. The zero-order chi connectivity index (χ0) is 18.7. The monoisotopic (exact) mass is 401 g/mol. The Kier molecular flexibility index (Phi) is 4.36. The Morgan fingerprint density at radius 3 is 2.32 bits per heavy atom. The second-order valence-electron chi connectivity index (χ2n) is 6.35. The van der Waals surface area contributed by atoms with E-state index in [1.807, 2.05) is 0 Å². The van der Waals surface area contributed by atoms with Crippen LogP contribution in [-0.2, 0) is 21.1 Å². The second-order valence-corrected chi connectivity index (χ2v) is 11.9. The quantitative estimate of drug-likeness (QED) is 0.185. The summed E-state index contributed by atoms with van der Waals surface area (Å²) in [5.41, 5.74) is 3.53. The molecular formula is C11H21N3O9P2. The Bertz CT molecular complexity index is 669. The molecule has 14 heteroatoms. The first kappa shape index (κ1) is 19.2. The van der Waals surface area contributed by atoms with E-state index in [1.165, 1.54) is 18.7 Å². The van der Waals surface area contributed by atoms with Gasteiger partial charge in [0.15, 0.2) is 0 Å². The molecule has 1 aromatic heterocycles. The molecule has 0 amide bonds. The number of carbonyl (C=O) groups is 1. The summed E-state index contributed by atoms with van der Waals surface area (Å²) in [4.78, 5) is 76.7. The van der Waals surface area contributed by atoms with Gasteiger partial charge in [0.25, 0.3) is 0 Å². The molecule has 2 fully saturated rings. The molecule has 3 rings (SSSR count). The van der Waals surface area contributed by atoms with Crippen LogP contribution in [0.2, 0.25) is 0 Å². The molecule has 0 spiro atoms. The summed E-state index contributed by atoms with van der Waals surface area (Å²) in [7, 11) is -10.9. The molecule has 12 nitrogen and oxygen atoms in total. The van der Waals surface area contributed by atoms with Crippen molar-refractivity contribution in [1.29, 1.82) is 0 Å². The van der Waals surface area contributed by atoms with E-state index in [-0.39, 0.29) is 12.8 Å². The molecule has 1 aliphatic heterocycles. The molecule has 2 unspecified atom stereocenters. The van der Waals surface area contributed by atoms with E-state index in [2.05, 4.69) is 4.98 Å². The molecule has 1 aromatic rings. The van der Waals surface area contributed by atoms with E-state index in [9.17, 15) is 34.4 Å². The van der Waals surface area contributed by atoms with E-state index in [4.69, 9.17) is 15.5 Å². The Labute approximate surface area is 142 Å². The Balaban J connectivity index is 2.05. The van der Waals surface area contributed by atoms with Crippen LogP contribution in [0.1, 0.15) is 12.8 Å². The summed E-state index contributed by atoms with van der Waals surface area (Å²) in [6.45, 7) is -1.27. The van der Waals surface area contributed by atoms with E-state index in [1.54, 1.807) is 0 Å². The van der Waals surface area contributed by atoms with Crippen molar-refractivity contribution in [3.05, 3.63) is 18.7 Å². The molecule has 2 heterocycles. The summed E-state index contributed by atoms with van der Waals surface area (Å²) in [5.74, 6) is -0.684. The van der Waals surface area contributed by atoms with Gasteiger partial charge in [0.1, 0.15) is 0 Å². The zero-order valence-corrected chi connectivity index (χ0v) is 14.9. The number of ketones is 1. The molecule has 3 atom stereocenters. The van der Waals surface area contributed by atoms with Gasteiger partial charge in [-0.05, 0) is 0 Å². The van der Waals surface area contributed by atoms with Crippen molar-refractivity contribution in [2.24, 2.45) is 5.73 Å². The van der Waals surface area contributed by atoms with Gasteiger partial charge in [0.2, 0.25) is 0 Å². The standard InChI is InChI=1S/C11H21N3O9P2/c12-5-8(15)9-1-2-10(9,23-22-9)24(17,18)11(16,25(19,20)21)6-14-4-3-13-7-14/h3-4,7,16-21,24-25H,1-2,5-6,12H2/t9?,10-,11?/m0/s1. The van der Waals surface area contributed by atoms with E-state index in [0.717, 1.165) is 4.57 Å². The molecule has 0 radical (unpaired) electrons. The van der Waals surface area contributed by atoms with Crippen molar-refractivity contribution in [3.63, 3.8) is 0 Å². The normalized spacial score (nSPS) is 32.8. The Hall–Kier alpha value is -0.620. The summed E-state index contributed by atoms with van der Waals surface area (Å²) in [6, 6.07) is 0. The predicted molar refractivity (Wildman–Crippen MR) is 85.8 cm³/mol. The minimum atomic E-state index is -5.58. The first-order valence-corrected chi connectivity index (χ1v) is 11.1. The van der Waals surface area contributed by atoms with Gasteiger partial charge in [-0.2, -0.15) is 0 Å². The van der Waals surface area contributed by atoms with Crippen molar-refractivity contribution in [1.82, 2.24) is 9.55 Å². The zero-order valence-electron chi connectivity index (χ0n) is 12.9. The van der Waals surface area contributed by atoms with Crippen LogP contribution in [0, 0.1) is 0 Å². The van der Waals surface area contributed by atoms with Gasteiger partial charge in [0, 0.05) is 0 Å². The van der Waals surface area contributed by atoms with Gasteiger partial charge in [-0.25, -0.2) is 0 Å². The first-order valence-electron chi connectivity index (χ1n) is 7.38. The average Bonchev–Trinajstić information content (AvgIpc) is 3.01. The van der Waals surface area contributed by atoms with Crippen molar-refractivity contribution in [3.8, 4) is 0 Å². The predicted octanol–water partition coefficient (Wildman–Crippen LogP) is -2.72. The molecule has 25 heavy (non-hydrogen) atoms. The third-order valence-corrected chi connectivity index (χ3v) is 11.6. The van der Waals surface area contributed by atoms with Crippen LogP contribution < -0.4 is 5.73 Å². The molecule has 0 aromatic carbocycles. The van der Waals surface area contributed by atoms with Gasteiger partial charge in [-0.1, -0.05) is 0 Å². The van der Waals surface area contributed by atoms with Crippen molar-refractivity contribution < 1.29 is 44.1 Å². The third-order valence-electron chi connectivity index (χ3n) is 5.11. The minimum absolute atomic E-state index is 0.0525. The van der Waals surface area contributed by atoms with Gasteiger partial charge in [-0.15, -0.1) is 0 Å². The number of rotatable bonds is 7. The summed E-state index contributed by atoms with van der Waals surface area (Å²) >= 11 is 0. The van der Waals surface area contributed by atoms with Crippen LogP contribution >= 0.6 is 15.7 Å². The number of nitrogens with two attached hydrogens (primary N) is 1. The van der Waals surface area contributed by atoms with Crippen LogP contribution in [0.3, 0.4) is 0 Å². The topological polar surface area (TPSA) is 201 Å². The molecule has 144 valence electrons.